The minimum Gasteiger partial charge on any atom is -0.461 e. The fourth-order valence-corrected chi connectivity index (χ4v) is 2.39. The Morgan fingerprint density at radius 3 is 3.14 bits per heavy atom. The maximum atomic E-state index is 11.6. The minimum absolute atomic E-state index is 0.0572. The SMILES string of the molecule is C=CCOC(=O)C1CCC2NC2(C)C1. The van der Waals surface area contributed by atoms with Gasteiger partial charge in [0.2, 0.25) is 0 Å². The molecular weight excluding hydrogens is 178 g/mol. The molecule has 1 saturated carbocycles. The number of hydrogen-bond donors (Lipinski definition) is 1. The predicted octanol–water partition coefficient (Wildman–Crippen LogP) is 1.25. The molecule has 0 aromatic carbocycles. The van der Waals surface area contributed by atoms with Crippen molar-refractivity contribution in [2.24, 2.45) is 5.92 Å². The van der Waals surface area contributed by atoms with E-state index < -0.39 is 0 Å². The number of esters is 1. The number of carbonyl (C=O) groups is 1. The molecule has 1 saturated heterocycles. The maximum Gasteiger partial charge on any atom is 0.309 e. The van der Waals surface area contributed by atoms with Crippen LogP contribution in [0.15, 0.2) is 12.7 Å². The van der Waals surface area contributed by atoms with E-state index >= 15 is 0 Å². The van der Waals surface area contributed by atoms with E-state index in [0.717, 1.165) is 19.3 Å². The van der Waals surface area contributed by atoms with Gasteiger partial charge in [-0.25, -0.2) is 0 Å². The van der Waals surface area contributed by atoms with Gasteiger partial charge in [-0.2, -0.15) is 0 Å². The number of rotatable bonds is 3. The van der Waals surface area contributed by atoms with Crippen molar-refractivity contribution < 1.29 is 9.53 Å². The maximum absolute atomic E-state index is 11.6. The molecule has 78 valence electrons. The molecule has 0 amide bonds. The zero-order valence-electron chi connectivity index (χ0n) is 8.58. The highest BCUT2D eigenvalue weighted by molar-refractivity contribution is 5.73. The van der Waals surface area contributed by atoms with E-state index in [9.17, 15) is 4.79 Å². The summed E-state index contributed by atoms with van der Waals surface area (Å²) in [5.74, 6) is 0.0319. The number of nitrogens with one attached hydrogen (secondary N) is 1. The van der Waals surface area contributed by atoms with Crippen molar-refractivity contribution >= 4 is 5.97 Å². The number of ether oxygens (including phenoxy) is 1. The predicted molar refractivity (Wildman–Crippen MR) is 53.8 cm³/mol. The lowest BCUT2D eigenvalue weighted by atomic mass is 9.82. The normalized spacial score (nSPS) is 39.8. The largest absolute Gasteiger partial charge is 0.461 e. The summed E-state index contributed by atoms with van der Waals surface area (Å²) in [7, 11) is 0. The fourth-order valence-electron chi connectivity index (χ4n) is 2.39. The van der Waals surface area contributed by atoms with Gasteiger partial charge in [0, 0.05) is 11.6 Å². The van der Waals surface area contributed by atoms with E-state index in [1.165, 1.54) is 0 Å². The van der Waals surface area contributed by atoms with Crippen molar-refractivity contribution in [3.05, 3.63) is 12.7 Å². The van der Waals surface area contributed by atoms with E-state index in [4.69, 9.17) is 4.74 Å². The lowest BCUT2D eigenvalue weighted by Crippen LogP contribution is -2.29. The van der Waals surface area contributed by atoms with E-state index in [1.807, 2.05) is 0 Å². The zero-order valence-corrected chi connectivity index (χ0v) is 8.58. The minimum atomic E-state index is -0.0572. The molecule has 1 N–H and O–H groups in total. The van der Waals surface area contributed by atoms with Gasteiger partial charge < -0.3 is 10.1 Å². The molecule has 2 fully saturated rings. The summed E-state index contributed by atoms with van der Waals surface area (Å²) < 4.78 is 5.06. The van der Waals surface area contributed by atoms with Crippen LogP contribution in [-0.4, -0.2) is 24.2 Å². The third kappa shape index (κ3) is 1.69. The van der Waals surface area contributed by atoms with Crippen molar-refractivity contribution in [1.29, 1.82) is 0 Å². The quantitative estimate of drug-likeness (QED) is 0.419. The van der Waals surface area contributed by atoms with E-state index in [1.54, 1.807) is 6.08 Å². The van der Waals surface area contributed by atoms with Crippen LogP contribution in [-0.2, 0) is 9.53 Å². The van der Waals surface area contributed by atoms with Gasteiger partial charge >= 0.3 is 5.97 Å². The number of carbonyl (C=O) groups excluding carboxylic acids is 1. The molecule has 0 radical (unpaired) electrons. The summed E-state index contributed by atoms with van der Waals surface area (Å²) in [5, 5.41) is 3.42. The first-order valence-corrected chi connectivity index (χ1v) is 5.21. The number of hydrogen-bond acceptors (Lipinski definition) is 3. The second-order valence-corrected chi connectivity index (χ2v) is 4.51. The van der Waals surface area contributed by atoms with Crippen LogP contribution in [0.4, 0.5) is 0 Å². The Balaban J connectivity index is 1.86. The van der Waals surface area contributed by atoms with Crippen molar-refractivity contribution in [1.82, 2.24) is 5.32 Å². The Hall–Kier alpha value is -0.830. The summed E-state index contributed by atoms with van der Waals surface area (Å²) in [6, 6.07) is 0.644. The van der Waals surface area contributed by atoms with Crippen molar-refractivity contribution in [3.63, 3.8) is 0 Å². The zero-order chi connectivity index (χ0) is 10.2. The lowest BCUT2D eigenvalue weighted by molar-refractivity contribution is -0.148. The van der Waals surface area contributed by atoms with Gasteiger partial charge in [0.15, 0.2) is 0 Å². The van der Waals surface area contributed by atoms with E-state index in [-0.39, 0.29) is 17.4 Å². The Morgan fingerprint density at radius 1 is 1.71 bits per heavy atom. The Kier molecular flexibility index (Phi) is 2.35. The van der Waals surface area contributed by atoms with Gasteiger partial charge in [-0.15, -0.1) is 0 Å². The molecular formula is C11H17NO2. The van der Waals surface area contributed by atoms with E-state index in [2.05, 4.69) is 18.8 Å². The van der Waals surface area contributed by atoms with Crippen LogP contribution in [0.2, 0.25) is 0 Å². The molecule has 1 heterocycles. The highest BCUT2D eigenvalue weighted by Crippen LogP contribution is 2.42. The van der Waals surface area contributed by atoms with Crippen molar-refractivity contribution in [2.45, 2.75) is 37.8 Å². The molecule has 2 aliphatic rings. The molecule has 0 bridgehead atoms. The van der Waals surface area contributed by atoms with Crippen molar-refractivity contribution in [3.8, 4) is 0 Å². The second-order valence-electron chi connectivity index (χ2n) is 4.51. The topological polar surface area (TPSA) is 48.2 Å². The Labute approximate surface area is 84.5 Å². The molecule has 0 aromatic rings. The van der Waals surface area contributed by atoms with E-state index in [0.29, 0.717) is 12.6 Å². The standard InChI is InChI=1S/C11H17NO2/c1-3-6-14-10(13)8-4-5-9-11(2,7-8)12-9/h3,8-9,12H,1,4-7H2,2H3. The van der Waals surface area contributed by atoms with Crippen molar-refractivity contribution in [2.75, 3.05) is 6.61 Å². The molecule has 3 nitrogen and oxygen atoms in total. The van der Waals surface area contributed by atoms with Gasteiger partial charge in [-0.1, -0.05) is 12.7 Å². The fraction of sp³-hybridized carbons (Fsp3) is 0.727. The summed E-state index contributed by atoms with van der Waals surface area (Å²) in [4.78, 5) is 11.6. The summed E-state index contributed by atoms with van der Waals surface area (Å²) in [5.41, 5.74) is 0.218. The van der Waals surface area contributed by atoms with Crippen LogP contribution in [0, 0.1) is 5.92 Å². The first-order chi connectivity index (χ1) is 6.65. The Bertz CT molecular complexity index is 264. The van der Waals surface area contributed by atoms with Gasteiger partial charge in [-0.05, 0) is 26.2 Å². The first kappa shape index (κ1) is 9.71. The third-order valence-electron chi connectivity index (χ3n) is 3.34. The molecule has 0 spiro atoms. The van der Waals surface area contributed by atoms with Crippen LogP contribution in [0.5, 0.6) is 0 Å². The lowest BCUT2D eigenvalue weighted by Gasteiger charge is -2.22. The molecule has 3 heteroatoms. The molecule has 3 atom stereocenters. The van der Waals surface area contributed by atoms with Gasteiger partial charge in [0.25, 0.3) is 0 Å². The molecule has 2 rings (SSSR count). The second kappa shape index (κ2) is 3.39. The summed E-state index contributed by atoms with van der Waals surface area (Å²) in [6.45, 7) is 6.05. The number of fused-ring (bicyclic) bond motifs is 1. The Morgan fingerprint density at radius 2 is 2.50 bits per heavy atom. The van der Waals surface area contributed by atoms with Crippen LogP contribution in [0.25, 0.3) is 0 Å². The average molecular weight is 195 g/mol. The molecule has 1 aliphatic heterocycles. The van der Waals surface area contributed by atoms with Gasteiger partial charge in [0.1, 0.15) is 6.61 Å². The van der Waals surface area contributed by atoms with Crippen LogP contribution in [0.3, 0.4) is 0 Å². The molecule has 14 heavy (non-hydrogen) atoms. The summed E-state index contributed by atoms with van der Waals surface area (Å²) >= 11 is 0. The van der Waals surface area contributed by atoms with Crippen LogP contribution < -0.4 is 5.32 Å². The monoisotopic (exact) mass is 195 g/mol. The highest BCUT2D eigenvalue weighted by atomic mass is 16.5. The molecule has 3 unspecified atom stereocenters. The average Bonchev–Trinajstić information content (AvgIpc) is 2.84. The molecule has 1 aliphatic carbocycles. The smallest absolute Gasteiger partial charge is 0.309 e. The van der Waals surface area contributed by atoms with Crippen LogP contribution in [0.1, 0.15) is 26.2 Å². The summed E-state index contributed by atoms with van der Waals surface area (Å²) in [6.07, 6.45) is 4.60. The van der Waals surface area contributed by atoms with Crippen LogP contribution >= 0.6 is 0 Å². The third-order valence-corrected chi connectivity index (χ3v) is 3.34. The van der Waals surface area contributed by atoms with Gasteiger partial charge in [0.05, 0.1) is 5.92 Å². The highest BCUT2D eigenvalue weighted by Gasteiger charge is 2.54. The van der Waals surface area contributed by atoms with Gasteiger partial charge in [-0.3, -0.25) is 4.79 Å². The first-order valence-electron chi connectivity index (χ1n) is 5.21. The molecule has 0 aromatic heterocycles.